The monoisotopic (exact) mass is 210 g/mol. The molecule has 0 saturated heterocycles. The third kappa shape index (κ3) is 1.85. The molecule has 66 valence electrons. The van der Waals surface area contributed by atoms with E-state index >= 15 is 0 Å². The summed E-state index contributed by atoms with van der Waals surface area (Å²) < 4.78 is 0.781. The predicted octanol–water partition coefficient (Wildman–Crippen LogP) is 3.77. The maximum atomic E-state index is 9.09. The van der Waals surface area contributed by atoms with Crippen molar-refractivity contribution in [1.82, 2.24) is 0 Å². The fraction of sp³-hybridized carbons (Fsp3) is 0. The van der Waals surface area contributed by atoms with Gasteiger partial charge < -0.3 is 5.11 Å². The number of halogens is 1. The highest BCUT2D eigenvalue weighted by molar-refractivity contribution is 7.14. The average Bonchev–Trinajstić information content (AvgIpc) is 2.53. The summed E-state index contributed by atoms with van der Waals surface area (Å²) in [5, 5.41) is 11.1. The maximum absolute atomic E-state index is 9.09. The molecule has 0 radical (unpaired) electrons. The molecule has 2 rings (SSSR count). The van der Waals surface area contributed by atoms with E-state index in [1.165, 1.54) is 11.3 Å². The van der Waals surface area contributed by atoms with Crippen molar-refractivity contribution in [2.45, 2.75) is 0 Å². The fourth-order valence-corrected chi connectivity index (χ4v) is 2.01. The van der Waals surface area contributed by atoms with E-state index in [-0.39, 0.29) is 5.75 Å². The Morgan fingerprint density at radius 2 is 1.77 bits per heavy atom. The molecule has 0 spiro atoms. The minimum absolute atomic E-state index is 0.282. The van der Waals surface area contributed by atoms with Crippen LogP contribution in [0.3, 0.4) is 0 Å². The number of hydrogen-bond donors (Lipinski definition) is 1. The topological polar surface area (TPSA) is 20.2 Å². The molecule has 0 unspecified atom stereocenters. The van der Waals surface area contributed by atoms with E-state index in [1.54, 1.807) is 12.1 Å². The number of thiophene rings is 1. The Hall–Kier alpha value is -0.990. The van der Waals surface area contributed by atoms with Gasteiger partial charge >= 0.3 is 0 Å². The second kappa shape index (κ2) is 3.40. The lowest BCUT2D eigenvalue weighted by Crippen LogP contribution is -1.71. The highest BCUT2D eigenvalue weighted by atomic mass is 35.5. The fourth-order valence-electron chi connectivity index (χ4n) is 1.12. The minimum Gasteiger partial charge on any atom is -0.508 e. The Labute approximate surface area is 85.2 Å². The third-order valence-corrected chi connectivity index (χ3v) is 2.86. The molecule has 0 saturated carbocycles. The van der Waals surface area contributed by atoms with Crippen LogP contribution in [0.4, 0.5) is 0 Å². The summed E-state index contributed by atoms with van der Waals surface area (Å²) in [6, 6.07) is 8.99. The normalized spacial score (nSPS) is 10.2. The molecule has 13 heavy (non-hydrogen) atoms. The SMILES string of the molecule is Oc1ccc(-c2csc(Cl)c2)cc1. The lowest BCUT2D eigenvalue weighted by Gasteiger charge is -1.96. The molecule has 0 aliphatic rings. The molecule has 0 fully saturated rings. The molecule has 1 nitrogen and oxygen atoms in total. The van der Waals surface area contributed by atoms with Gasteiger partial charge in [0.2, 0.25) is 0 Å². The van der Waals surface area contributed by atoms with Crippen LogP contribution in [0, 0.1) is 0 Å². The van der Waals surface area contributed by atoms with Crippen LogP contribution < -0.4 is 0 Å². The van der Waals surface area contributed by atoms with Crippen molar-refractivity contribution >= 4 is 22.9 Å². The Bertz CT molecular complexity index is 405. The lowest BCUT2D eigenvalue weighted by molar-refractivity contribution is 0.475. The van der Waals surface area contributed by atoms with Gasteiger partial charge in [0.25, 0.3) is 0 Å². The van der Waals surface area contributed by atoms with Crippen LogP contribution in [0.1, 0.15) is 0 Å². The maximum Gasteiger partial charge on any atom is 0.115 e. The van der Waals surface area contributed by atoms with E-state index in [1.807, 2.05) is 23.6 Å². The number of benzene rings is 1. The minimum atomic E-state index is 0.282. The highest BCUT2D eigenvalue weighted by Gasteiger charge is 2.00. The first-order valence-corrected chi connectivity index (χ1v) is 5.05. The standard InChI is InChI=1S/C10H7ClOS/c11-10-5-8(6-13-10)7-1-3-9(12)4-2-7/h1-6,12H. The zero-order valence-corrected chi connectivity index (χ0v) is 8.27. The number of aromatic hydroxyl groups is 1. The number of rotatable bonds is 1. The first-order chi connectivity index (χ1) is 6.25. The first kappa shape index (κ1) is 8.60. The van der Waals surface area contributed by atoms with Crippen LogP contribution in [-0.4, -0.2) is 5.11 Å². The molecule has 2 aromatic rings. The zero-order valence-electron chi connectivity index (χ0n) is 6.70. The van der Waals surface area contributed by atoms with Gasteiger partial charge in [0.1, 0.15) is 5.75 Å². The summed E-state index contributed by atoms with van der Waals surface area (Å²) in [6.07, 6.45) is 0. The van der Waals surface area contributed by atoms with Crippen LogP contribution in [0.2, 0.25) is 4.34 Å². The zero-order chi connectivity index (χ0) is 9.26. The summed E-state index contributed by atoms with van der Waals surface area (Å²) in [7, 11) is 0. The largest absolute Gasteiger partial charge is 0.508 e. The quantitative estimate of drug-likeness (QED) is 0.760. The molecule has 1 heterocycles. The molecular weight excluding hydrogens is 204 g/mol. The van der Waals surface area contributed by atoms with Gasteiger partial charge in [0.15, 0.2) is 0 Å². The Morgan fingerprint density at radius 1 is 1.08 bits per heavy atom. The third-order valence-electron chi connectivity index (χ3n) is 1.77. The Balaban J connectivity index is 2.41. The first-order valence-electron chi connectivity index (χ1n) is 3.79. The van der Waals surface area contributed by atoms with Gasteiger partial charge in [-0.15, -0.1) is 11.3 Å². The smallest absolute Gasteiger partial charge is 0.115 e. The number of hydrogen-bond acceptors (Lipinski definition) is 2. The predicted molar refractivity (Wildman–Crippen MR) is 56.4 cm³/mol. The van der Waals surface area contributed by atoms with Crippen molar-refractivity contribution in [3.63, 3.8) is 0 Å². The van der Waals surface area contributed by atoms with Crippen LogP contribution in [-0.2, 0) is 0 Å². The lowest BCUT2D eigenvalue weighted by atomic mass is 10.1. The van der Waals surface area contributed by atoms with Gasteiger partial charge in [-0.25, -0.2) is 0 Å². The average molecular weight is 211 g/mol. The molecule has 1 N–H and O–H groups in total. The van der Waals surface area contributed by atoms with E-state index in [4.69, 9.17) is 16.7 Å². The highest BCUT2D eigenvalue weighted by Crippen LogP contribution is 2.29. The Kier molecular flexibility index (Phi) is 2.25. The van der Waals surface area contributed by atoms with Gasteiger partial charge in [-0.1, -0.05) is 23.7 Å². The molecule has 3 heteroatoms. The molecule has 0 atom stereocenters. The molecule has 0 amide bonds. The Morgan fingerprint density at radius 3 is 2.31 bits per heavy atom. The van der Waals surface area contributed by atoms with Crippen LogP contribution >= 0.6 is 22.9 Å². The van der Waals surface area contributed by atoms with Crippen molar-refractivity contribution in [2.75, 3.05) is 0 Å². The van der Waals surface area contributed by atoms with E-state index in [2.05, 4.69) is 0 Å². The molecule has 0 bridgehead atoms. The summed E-state index contributed by atoms with van der Waals surface area (Å²) in [5.74, 6) is 0.282. The van der Waals surface area contributed by atoms with Crippen molar-refractivity contribution in [3.05, 3.63) is 40.0 Å². The van der Waals surface area contributed by atoms with Crippen LogP contribution in [0.15, 0.2) is 35.7 Å². The summed E-state index contributed by atoms with van der Waals surface area (Å²) in [4.78, 5) is 0. The van der Waals surface area contributed by atoms with Crippen molar-refractivity contribution < 1.29 is 5.11 Å². The van der Waals surface area contributed by atoms with Gasteiger partial charge in [-0.3, -0.25) is 0 Å². The summed E-state index contributed by atoms with van der Waals surface area (Å²) in [5.41, 5.74) is 2.16. The van der Waals surface area contributed by atoms with Gasteiger partial charge in [-0.05, 0) is 29.3 Å². The molecular formula is C10H7ClOS. The van der Waals surface area contributed by atoms with Crippen LogP contribution in [0.25, 0.3) is 11.1 Å². The second-order valence-electron chi connectivity index (χ2n) is 2.69. The molecule has 0 aliphatic carbocycles. The van der Waals surface area contributed by atoms with E-state index in [0.717, 1.165) is 15.5 Å². The van der Waals surface area contributed by atoms with Crippen molar-refractivity contribution in [1.29, 1.82) is 0 Å². The van der Waals surface area contributed by atoms with Crippen LogP contribution in [0.5, 0.6) is 5.75 Å². The van der Waals surface area contributed by atoms with Crippen molar-refractivity contribution in [2.24, 2.45) is 0 Å². The number of phenols is 1. The number of phenolic OH excluding ortho intramolecular Hbond substituents is 1. The molecule has 1 aromatic carbocycles. The van der Waals surface area contributed by atoms with E-state index in [9.17, 15) is 0 Å². The van der Waals surface area contributed by atoms with E-state index < -0.39 is 0 Å². The van der Waals surface area contributed by atoms with Gasteiger partial charge in [-0.2, -0.15) is 0 Å². The molecule has 0 aliphatic heterocycles. The van der Waals surface area contributed by atoms with Crippen molar-refractivity contribution in [3.8, 4) is 16.9 Å². The summed E-state index contributed by atoms with van der Waals surface area (Å²) in [6.45, 7) is 0. The second-order valence-corrected chi connectivity index (χ2v) is 4.23. The van der Waals surface area contributed by atoms with E-state index in [0.29, 0.717) is 0 Å². The summed E-state index contributed by atoms with van der Waals surface area (Å²) >= 11 is 7.32. The van der Waals surface area contributed by atoms with Gasteiger partial charge in [0.05, 0.1) is 4.34 Å². The molecule has 1 aromatic heterocycles. The van der Waals surface area contributed by atoms with Gasteiger partial charge in [0, 0.05) is 5.38 Å².